The summed E-state index contributed by atoms with van der Waals surface area (Å²) in [6, 6.07) is 27.2. The van der Waals surface area contributed by atoms with Crippen LogP contribution in [0.2, 0.25) is 0 Å². The lowest BCUT2D eigenvalue weighted by Gasteiger charge is -2.34. The summed E-state index contributed by atoms with van der Waals surface area (Å²) in [4.78, 5) is 29.9. The molecule has 7 nitrogen and oxygen atoms in total. The van der Waals surface area contributed by atoms with E-state index in [9.17, 15) is 22.4 Å². The summed E-state index contributed by atoms with van der Waals surface area (Å²) in [5, 5.41) is 3.03. The zero-order valence-corrected chi connectivity index (χ0v) is 26.9. The minimum absolute atomic E-state index is 0.00831. The van der Waals surface area contributed by atoms with Crippen molar-refractivity contribution in [3.63, 3.8) is 0 Å². The zero-order valence-electron chi connectivity index (χ0n) is 26.1. The molecule has 0 fully saturated rings. The van der Waals surface area contributed by atoms with Crippen molar-refractivity contribution in [2.45, 2.75) is 64.1 Å². The first-order chi connectivity index (χ1) is 21.5. The molecule has 0 saturated heterocycles. The second kappa shape index (κ2) is 15.0. The van der Waals surface area contributed by atoms with E-state index in [2.05, 4.69) is 5.32 Å². The third-order valence-corrected chi connectivity index (χ3v) is 9.66. The molecule has 0 saturated carbocycles. The van der Waals surface area contributed by atoms with E-state index in [0.717, 1.165) is 38.7 Å². The van der Waals surface area contributed by atoms with Crippen molar-refractivity contribution in [2.75, 3.05) is 10.8 Å². The number of nitrogens with zero attached hydrogens (tertiary/aromatic N) is 2. The van der Waals surface area contributed by atoms with E-state index in [1.54, 1.807) is 12.1 Å². The van der Waals surface area contributed by atoms with Crippen LogP contribution in [0.3, 0.4) is 0 Å². The first-order valence-electron chi connectivity index (χ1n) is 15.0. The number of nitrogens with one attached hydrogen (secondary N) is 1. The Labute approximate surface area is 265 Å². The van der Waals surface area contributed by atoms with E-state index in [0.29, 0.717) is 6.42 Å². The first kappa shape index (κ1) is 33.4. The number of carbonyl (C=O) groups excluding carboxylic acids is 2. The monoisotopic (exact) mass is 629 g/mol. The molecule has 0 radical (unpaired) electrons. The smallest absolute Gasteiger partial charge is 0.264 e. The maximum atomic E-state index is 14.5. The maximum Gasteiger partial charge on any atom is 0.264 e. The molecule has 4 rings (SSSR count). The Balaban J connectivity index is 1.81. The molecule has 0 aliphatic rings. The number of hydrogen-bond donors (Lipinski definition) is 1. The first-order valence-corrected chi connectivity index (χ1v) is 16.5. The van der Waals surface area contributed by atoms with Crippen molar-refractivity contribution >= 4 is 27.5 Å². The SMILES string of the molecule is CC[C@@H](C)NC(=O)[C@H](Cc1ccccc1)N(Cc1ccccc1C)C(=O)CN(c1ccc(F)cc1)S(=O)(=O)c1ccc(C)cc1. The van der Waals surface area contributed by atoms with Crippen LogP contribution in [0.15, 0.2) is 108 Å². The van der Waals surface area contributed by atoms with Crippen LogP contribution < -0.4 is 9.62 Å². The normalized spacial score (nSPS) is 12.6. The summed E-state index contributed by atoms with van der Waals surface area (Å²) in [6.45, 7) is 7.11. The van der Waals surface area contributed by atoms with Crippen LogP contribution in [-0.4, -0.2) is 43.8 Å². The van der Waals surface area contributed by atoms with E-state index in [-0.39, 0.29) is 35.5 Å². The molecule has 4 aromatic rings. The molecule has 4 aromatic carbocycles. The number of sulfonamides is 1. The largest absolute Gasteiger partial charge is 0.352 e. The van der Waals surface area contributed by atoms with Gasteiger partial charge in [-0.3, -0.25) is 13.9 Å². The lowest BCUT2D eigenvalue weighted by atomic mass is 10.0. The average Bonchev–Trinajstić information content (AvgIpc) is 3.03. The van der Waals surface area contributed by atoms with Crippen LogP contribution in [0.5, 0.6) is 0 Å². The highest BCUT2D eigenvalue weighted by Crippen LogP contribution is 2.26. The van der Waals surface area contributed by atoms with Crippen molar-refractivity contribution in [1.29, 1.82) is 0 Å². The van der Waals surface area contributed by atoms with E-state index < -0.39 is 34.3 Å². The van der Waals surface area contributed by atoms with Crippen molar-refractivity contribution in [1.82, 2.24) is 10.2 Å². The average molecular weight is 630 g/mol. The molecular formula is C36H40FN3O4S. The summed E-state index contributed by atoms with van der Waals surface area (Å²) in [6.07, 6.45) is 0.921. The number of hydrogen-bond acceptors (Lipinski definition) is 4. The van der Waals surface area contributed by atoms with Crippen molar-refractivity contribution < 1.29 is 22.4 Å². The van der Waals surface area contributed by atoms with E-state index >= 15 is 0 Å². The van der Waals surface area contributed by atoms with Gasteiger partial charge in [0.25, 0.3) is 10.0 Å². The fourth-order valence-corrected chi connectivity index (χ4v) is 6.35. The van der Waals surface area contributed by atoms with Crippen LogP contribution in [0.1, 0.15) is 42.5 Å². The fraction of sp³-hybridized carbons (Fsp3) is 0.278. The van der Waals surface area contributed by atoms with E-state index in [1.807, 2.05) is 82.3 Å². The molecule has 9 heteroatoms. The number of anilines is 1. The third kappa shape index (κ3) is 8.57. The Bertz CT molecular complexity index is 1690. The Kier molecular flexibility index (Phi) is 11.1. The molecule has 0 heterocycles. The molecule has 1 N–H and O–H groups in total. The Hall–Kier alpha value is -4.50. The molecule has 2 atom stereocenters. The van der Waals surface area contributed by atoms with Crippen molar-refractivity contribution in [3.05, 3.63) is 131 Å². The molecule has 0 aliphatic heterocycles. The Morgan fingerprint density at radius 1 is 0.844 bits per heavy atom. The number of aryl methyl sites for hydroxylation is 2. The van der Waals surface area contributed by atoms with Gasteiger partial charge in [-0.15, -0.1) is 0 Å². The van der Waals surface area contributed by atoms with Gasteiger partial charge in [0, 0.05) is 19.0 Å². The molecule has 0 aliphatic carbocycles. The number of rotatable bonds is 13. The topological polar surface area (TPSA) is 86.8 Å². The molecule has 236 valence electrons. The molecule has 0 aromatic heterocycles. The van der Waals surface area contributed by atoms with Crippen molar-refractivity contribution in [2.24, 2.45) is 0 Å². The van der Waals surface area contributed by atoms with E-state index in [1.165, 1.54) is 29.2 Å². The van der Waals surface area contributed by atoms with Gasteiger partial charge in [-0.2, -0.15) is 0 Å². The van der Waals surface area contributed by atoms with Gasteiger partial charge in [0.05, 0.1) is 10.6 Å². The summed E-state index contributed by atoms with van der Waals surface area (Å²) in [5.41, 5.74) is 3.62. The second-order valence-corrected chi connectivity index (χ2v) is 13.1. The quantitative estimate of drug-likeness (QED) is 0.191. The summed E-state index contributed by atoms with van der Waals surface area (Å²) in [7, 11) is -4.26. The van der Waals surface area contributed by atoms with Crippen LogP contribution in [-0.2, 0) is 32.6 Å². The zero-order chi connectivity index (χ0) is 32.6. The third-order valence-electron chi connectivity index (χ3n) is 7.88. The summed E-state index contributed by atoms with van der Waals surface area (Å²) >= 11 is 0. The maximum absolute atomic E-state index is 14.5. The van der Waals surface area contributed by atoms with Crippen molar-refractivity contribution in [3.8, 4) is 0 Å². The van der Waals surface area contributed by atoms with Gasteiger partial charge < -0.3 is 10.2 Å². The lowest BCUT2D eigenvalue weighted by molar-refractivity contribution is -0.140. The number of halogens is 1. The molecule has 0 bridgehead atoms. The van der Waals surface area contributed by atoms with Crippen LogP contribution >= 0.6 is 0 Å². The standard InChI is InChI=1S/C36H40FN3O4S/c1-5-28(4)38-36(42)34(23-29-12-7-6-8-13-29)39(24-30-14-10-9-11-27(30)3)35(41)25-40(32-19-17-31(37)18-20-32)45(43,44)33-21-15-26(2)16-22-33/h6-22,28,34H,5,23-25H2,1-4H3,(H,38,42)/t28-,34+/m1/s1. The Morgan fingerprint density at radius 3 is 2.09 bits per heavy atom. The van der Waals surface area contributed by atoms with Gasteiger partial charge in [0.2, 0.25) is 11.8 Å². The van der Waals surface area contributed by atoms with Gasteiger partial charge in [-0.1, -0.05) is 79.2 Å². The van der Waals surface area contributed by atoms with E-state index in [4.69, 9.17) is 0 Å². The molecular weight excluding hydrogens is 589 g/mol. The van der Waals surface area contributed by atoms with Crippen LogP contribution in [0.25, 0.3) is 0 Å². The molecule has 0 unspecified atom stereocenters. The predicted octanol–water partition coefficient (Wildman–Crippen LogP) is 6.19. The molecule has 45 heavy (non-hydrogen) atoms. The minimum atomic E-state index is -4.26. The van der Waals surface area contributed by atoms with Gasteiger partial charge >= 0.3 is 0 Å². The number of amides is 2. The molecule has 0 spiro atoms. The van der Waals surface area contributed by atoms with Gasteiger partial charge in [0.1, 0.15) is 18.4 Å². The molecule has 2 amide bonds. The van der Waals surface area contributed by atoms with Crippen LogP contribution in [0, 0.1) is 19.7 Å². The number of carbonyl (C=O) groups is 2. The van der Waals surface area contributed by atoms with Gasteiger partial charge in [-0.25, -0.2) is 12.8 Å². The highest BCUT2D eigenvalue weighted by Gasteiger charge is 2.35. The summed E-state index contributed by atoms with van der Waals surface area (Å²) in [5.74, 6) is -1.44. The second-order valence-electron chi connectivity index (χ2n) is 11.3. The van der Waals surface area contributed by atoms with Crippen LogP contribution in [0.4, 0.5) is 10.1 Å². The Morgan fingerprint density at radius 2 is 1.47 bits per heavy atom. The highest BCUT2D eigenvalue weighted by molar-refractivity contribution is 7.92. The minimum Gasteiger partial charge on any atom is -0.352 e. The highest BCUT2D eigenvalue weighted by atomic mass is 32.2. The van der Waals surface area contributed by atoms with Gasteiger partial charge in [0.15, 0.2) is 0 Å². The lowest BCUT2D eigenvalue weighted by Crippen LogP contribution is -2.54. The fourth-order valence-electron chi connectivity index (χ4n) is 4.94. The number of benzene rings is 4. The summed E-state index contributed by atoms with van der Waals surface area (Å²) < 4.78 is 43.0. The predicted molar refractivity (Wildman–Crippen MR) is 176 cm³/mol. The van der Waals surface area contributed by atoms with Gasteiger partial charge in [-0.05, 0) is 80.3 Å².